The minimum absolute atomic E-state index is 0.230. The lowest BCUT2D eigenvalue weighted by atomic mass is 10.4. The van der Waals surface area contributed by atoms with Crippen LogP contribution in [0.25, 0.3) is 0 Å². The van der Waals surface area contributed by atoms with Crippen molar-refractivity contribution in [1.29, 1.82) is 0 Å². The van der Waals surface area contributed by atoms with Crippen LogP contribution in [0.2, 0.25) is 0 Å². The molecule has 0 aliphatic rings. The van der Waals surface area contributed by atoms with Crippen LogP contribution in [0.4, 0.5) is 6.01 Å². The molecule has 1 aromatic heterocycles. The van der Waals surface area contributed by atoms with Gasteiger partial charge in [0.25, 0.3) is 0 Å². The van der Waals surface area contributed by atoms with Crippen molar-refractivity contribution in [3.05, 3.63) is 5.89 Å². The first-order valence-corrected chi connectivity index (χ1v) is 4.44. The molecular weight excluding hydrogens is 184 g/mol. The average molecular weight is 200 g/mol. The van der Waals surface area contributed by atoms with Crippen LogP contribution in [-0.2, 0) is 4.74 Å². The van der Waals surface area contributed by atoms with E-state index in [4.69, 9.17) is 14.9 Å². The Labute approximate surface area is 83.0 Å². The van der Waals surface area contributed by atoms with Crippen molar-refractivity contribution in [3.8, 4) is 0 Å². The molecule has 0 amide bonds. The Bertz CT molecular complexity index is 274. The fourth-order valence-corrected chi connectivity index (χ4v) is 0.889. The van der Waals surface area contributed by atoms with Crippen LogP contribution in [0, 0.1) is 0 Å². The molecule has 0 radical (unpaired) electrons. The molecule has 0 bridgehead atoms. The SMILES string of the molecule is COCCN(C)c1nnc(C(C)N)o1. The van der Waals surface area contributed by atoms with Crippen molar-refractivity contribution in [2.75, 3.05) is 32.2 Å². The number of ether oxygens (including phenoxy) is 1. The van der Waals surface area contributed by atoms with Crippen LogP contribution < -0.4 is 10.6 Å². The predicted molar refractivity (Wildman–Crippen MR) is 52.0 cm³/mol. The fraction of sp³-hybridized carbons (Fsp3) is 0.750. The predicted octanol–water partition coefficient (Wildman–Crippen LogP) is 0.172. The second-order valence-corrected chi connectivity index (χ2v) is 3.13. The molecule has 1 unspecified atom stereocenters. The second-order valence-electron chi connectivity index (χ2n) is 3.13. The molecule has 0 aromatic carbocycles. The van der Waals surface area contributed by atoms with E-state index < -0.39 is 0 Å². The Morgan fingerprint density at radius 1 is 1.57 bits per heavy atom. The fourth-order valence-electron chi connectivity index (χ4n) is 0.889. The minimum Gasteiger partial charge on any atom is -0.406 e. The van der Waals surface area contributed by atoms with Gasteiger partial charge in [0.05, 0.1) is 12.6 Å². The molecule has 0 saturated carbocycles. The molecule has 0 fully saturated rings. The van der Waals surface area contributed by atoms with E-state index in [2.05, 4.69) is 10.2 Å². The lowest BCUT2D eigenvalue weighted by Crippen LogP contribution is -2.22. The maximum absolute atomic E-state index is 5.59. The largest absolute Gasteiger partial charge is 0.406 e. The molecule has 1 rings (SSSR count). The molecule has 1 heterocycles. The Kier molecular flexibility index (Phi) is 3.84. The van der Waals surface area contributed by atoms with Crippen LogP contribution in [-0.4, -0.2) is 37.5 Å². The molecule has 0 aliphatic carbocycles. The van der Waals surface area contributed by atoms with E-state index in [0.717, 1.165) is 0 Å². The van der Waals surface area contributed by atoms with Gasteiger partial charge in [-0.1, -0.05) is 5.10 Å². The van der Waals surface area contributed by atoms with Gasteiger partial charge in [0.2, 0.25) is 5.89 Å². The lowest BCUT2D eigenvalue weighted by Gasteiger charge is -2.12. The number of methoxy groups -OCH3 is 1. The van der Waals surface area contributed by atoms with E-state index in [1.165, 1.54) is 0 Å². The maximum atomic E-state index is 5.59. The van der Waals surface area contributed by atoms with Gasteiger partial charge < -0.3 is 19.8 Å². The Hall–Kier alpha value is -1.14. The van der Waals surface area contributed by atoms with Gasteiger partial charge in [-0.05, 0) is 6.92 Å². The molecule has 0 saturated heterocycles. The first-order chi connectivity index (χ1) is 6.65. The number of nitrogens with two attached hydrogens (primary N) is 1. The standard InChI is InChI=1S/C8H16N4O2/c1-6(9)7-10-11-8(14-7)12(2)4-5-13-3/h6H,4-5,9H2,1-3H3. The van der Waals surface area contributed by atoms with Crippen molar-refractivity contribution in [1.82, 2.24) is 10.2 Å². The zero-order valence-corrected chi connectivity index (χ0v) is 8.73. The van der Waals surface area contributed by atoms with Crippen LogP contribution in [0.1, 0.15) is 18.9 Å². The molecule has 80 valence electrons. The summed E-state index contributed by atoms with van der Waals surface area (Å²) < 4.78 is 10.3. The number of aromatic nitrogens is 2. The zero-order valence-electron chi connectivity index (χ0n) is 8.73. The molecular formula is C8H16N4O2. The molecule has 2 N–H and O–H groups in total. The third-order valence-corrected chi connectivity index (χ3v) is 1.78. The van der Waals surface area contributed by atoms with Gasteiger partial charge in [0.1, 0.15) is 0 Å². The molecule has 6 nitrogen and oxygen atoms in total. The summed E-state index contributed by atoms with van der Waals surface area (Å²) >= 11 is 0. The lowest BCUT2D eigenvalue weighted by molar-refractivity contribution is 0.205. The molecule has 6 heteroatoms. The Balaban J connectivity index is 2.57. The molecule has 0 aliphatic heterocycles. The number of nitrogens with zero attached hydrogens (tertiary/aromatic N) is 3. The number of rotatable bonds is 5. The van der Waals surface area contributed by atoms with Crippen molar-refractivity contribution >= 4 is 6.01 Å². The van der Waals surface area contributed by atoms with E-state index in [-0.39, 0.29) is 6.04 Å². The highest BCUT2D eigenvalue weighted by Gasteiger charge is 2.12. The van der Waals surface area contributed by atoms with Crippen LogP contribution in [0.3, 0.4) is 0 Å². The average Bonchev–Trinajstić information content (AvgIpc) is 2.62. The maximum Gasteiger partial charge on any atom is 0.318 e. The highest BCUT2D eigenvalue weighted by molar-refractivity contribution is 5.21. The smallest absolute Gasteiger partial charge is 0.318 e. The first-order valence-electron chi connectivity index (χ1n) is 4.44. The third kappa shape index (κ3) is 2.68. The van der Waals surface area contributed by atoms with E-state index in [9.17, 15) is 0 Å². The third-order valence-electron chi connectivity index (χ3n) is 1.78. The summed E-state index contributed by atoms with van der Waals surface area (Å²) in [5.41, 5.74) is 5.59. The normalized spacial score (nSPS) is 12.9. The van der Waals surface area contributed by atoms with Crippen LogP contribution in [0.5, 0.6) is 0 Å². The number of anilines is 1. The van der Waals surface area contributed by atoms with Gasteiger partial charge in [-0.15, -0.1) is 5.10 Å². The van der Waals surface area contributed by atoms with Gasteiger partial charge in [0.15, 0.2) is 0 Å². The summed E-state index contributed by atoms with van der Waals surface area (Å²) in [5, 5.41) is 7.68. The van der Waals surface area contributed by atoms with Crippen molar-refractivity contribution in [2.45, 2.75) is 13.0 Å². The van der Waals surface area contributed by atoms with E-state index in [1.807, 2.05) is 11.9 Å². The van der Waals surface area contributed by atoms with Crippen molar-refractivity contribution in [2.24, 2.45) is 5.73 Å². The summed E-state index contributed by atoms with van der Waals surface area (Å²) in [4.78, 5) is 1.82. The number of hydrogen-bond donors (Lipinski definition) is 1. The van der Waals surface area contributed by atoms with E-state index in [1.54, 1.807) is 14.0 Å². The monoisotopic (exact) mass is 200 g/mol. The summed E-state index contributed by atoms with van der Waals surface area (Å²) in [5.74, 6) is 0.448. The second kappa shape index (κ2) is 4.92. The van der Waals surface area contributed by atoms with Crippen LogP contribution >= 0.6 is 0 Å². The van der Waals surface area contributed by atoms with Gasteiger partial charge in [-0.25, -0.2) is 0 Å². The topological polar surface area (TPSA) is 77.4 Å². The van der Waals surface area contributed by atoms with Gasteiger partial charge in [-0.2, -0.15) is 0 Å². The molecule has 1 atom stereocenters. The van der Waals surface area contributed by atoms with Gasteiger partial charge in [-0.3, -0.25) is 0 Å². The summed E-state index contributed by atoms with van der Waals surface area (Å²) in [6.45, 7) is 3.12. The van der Waals surface area contributed by atoms with Crippen molar-refractivity contribution < 1.29 is 9.15 Å². The number of hydrogen-bond acceptors (Lipinski definition) is 6. The highest BCUT2D eigenvalue weighted by atomic mass is 16.5. The Morgan fingerprint density at radius 3 is 2.79 bits per heavy atom. The molecule has 1 aromatic rings. The van der Waals surface area contributed by atoms with Gasteiger partial charge in [0, 0.05) is 20.7 Å². The summed E-state index contributed by atoms with van der Waals surface area (Å²) in [6.07, 6.45) is 0. The minimum atomic E-state index is -0.230. The Morgan fingerprint density at radius 2 is 2.29 bits per heavy atom. The van der Waals surface area contributed by atoms with Crippen molar-refractivity contribution in [3.63, 3.8) is 0 Å². The van der Waals surface area contributed by atoms with E-state index in [0.29, 0.717) is 25.1 Å². The molecule has 14 heavy (non-hydrogen) atoms. The summed E-state index contributed by atoms with van der Waals surface area (Å²) in [7, 11) is 3.51. The highest BCUT2D eigenvalue weighted by Crippen LogP contribution is 2.13. The van der Waals surface area contributed by atoms with E-state index >= 15 is 0 Å². The molecule has 0 spiro atoms. The first kappa shape index (κ1) is 10.9. The van der Waals surface area contributed by atoms with Crippen LogP contribution in [0.15, 0.2) is 4.42 Å². The zero-order chi connectivity index (χ0) is 10.6. The number of likely N-dealkylation sites (N-methyl/N-ethyl adjacent to an activating group) is 1. The quantitative estimate of drug-likeness (QED) is 0.730. The van der Waals surface area contributed by atoms with Gasteiger partial charge >= 0.3 is 6.01 Å². The summed E-state index contributed by atoms with van der Waals surface area (Å²) in [6, 6.07) is 0.237.